The third kappa shape index (κ3) is 6.17. The molecular formula is C19H29ClN2O3. The van der Waals surface area contributed by atoms with Gasteiger partial charge in [-0.15, -0.1) is 12.4 Å². The molecule has 1 amide bonds. The van der Waals surface area contributed by atoms with Gasteiger partial charge in [-0.3, -0.25) is 4.79 Å². The fourth-order valence-corrected chi connectivity index (χ4v) is 3.57. The van der Waals surface area contributed by atoms with Crippen molar-refractivity contribution in [2.45, 2.75) is 57.2 Å². The van der Waals surface area contributed by atoms with Crippen LogP contribution in [-0.4, -0.2) is 36.3 Å². The molecule has 3 N–H and O–H groups in total. The number of aliphatic hydroxyl groups excluding tert-OH is 1. The first-order valence-electron chi connectivity index (χ1n) is 9.16. The molecule has 1 aliphatic carbocycles. The van der Waals surface area contributed by atoms with E-state index in [1.54, 1.807) is 0 Å². The zero-order chi connectivity index (χ0) is 16.8. The van der Waals surface area contributed by atoms with E-state index in [2.05, 4.69) is 10.6 Å². The number of carbonyl (C=O) groups is 1. The lowest BCUT2D eigenvalue weighted by molar-refractivity contribution is -0.117. The molecule has 0 aromatic heterocycles. The molecule has 1 heterocycles. The first-order chi connectivity index (χ1) is 11.7. The molecular weight excluding hydrogens is 340 g/mol. The van der Waals surface area contributed by atoms with Gasteiger partial charge < -0.3 is 20.5 Å². The molecule has 2 aliphatic rings. The van der Waals surface area contributed by atoms with Gasteiger partial charge in [-0.1, -0.05) is 6.42 Å². The molecule has 25 heavy (non-hydrogen) atoms. The van der Waals surface area contributed by atoms with Crippen molar-refractivity contribution in [3.63, 3.8) is 0 Å². The van der Waals surface area contributed by atoms with Crippen LogP contribution < -0.4 is 15.4 Å². The molecule has 2 unspecified atom stereocenters. The predicted octanol–water partition coefficient (Wildman–Crippen LogP) is 3.12. The number of anilines is 1. The number of nitrogens with one attached hydrogen (secondary N) is 2. The topological polar surface area (TPSA) is 70.6 Å². The first kappa shape index (κ1) is 20.0. The van der Waals surface area contributed by atoms with Crippen LogP contribution in [0.2, 0.25) is 0 Å². The second kappa shape index (κ2) is 10.00. The van der Waals surface area contributed by atoms with Crippen LogP contribution in [0.4, 0.5) is 5.69 Å². The van der Waals surface area contributed by atoms with Gasteiger partial charge in [-0.05, 0) is 75.4 Å². The highest BCUT2D eigenvalue weighted by molar-refractivity contribution is 5.90. The Morgan fingerprint density at radius 2 is 1.80 bits per heavy atom. The van der Waals surface area contributed by atoms with Gasteiger partial charge in [0.05, 0.1) is 6.10 Å². The van der Waals surface area contributed by atoms with Crippen molar-refractivity contribution < 1.29 is 14.6 Å². The Morgan fingerprint density at radius 3 is 2.48 bits per heavy atom. The van der Waals surface area contributed by atoms with Crippen molar-refractivity contribution in [2.24, 2.45) is 5.92 Å². The molecule has 140 valence electrons. The molecule has 2 fully saturated rings. The van der Waals surface area contributed by atoms with Crippen molar-refractivity contribution >= 4 is 24.0 Å². The van der Waals surface area contributed by atoms with Crippen LogP contribution >= 0.6 is 12.4 Å². The summed E-state index contributed by atoms with van der Waals surface area (Å²) in [5, 5.41) is 16.3. The minimum Gasteiger partial charge on any atom is -0.488 e. The number of aliphatic hydroxyl groups is 1. The normalized spacial score (nSPS) is 24.2. The van der Waals surface area contributed by atoms with Gasteiger partial charge in [-0.25, -0.2) is 0 Å². The van der Waals surface area contributed by atoms with Crippen molar-refractivity contribution in [3.8, 4) is 5.75 Å². The maximum atomic E-state index is 12.1. The van der Waals surface area contributed by atoms with Crippen molar-refractivity contribution in [1.29, 1.82) is 0 Å². The van der Waals surface area contributed by atoms with E-state index >= 15 is 0 Å². The zero-order valence-electron chi connectivity index (χ0n) is 14.6. The second-order valence-electron chi connectivity index (χ2n) is 6.98. The number of hydrogen-bond donors (Lipinski definition) is 3. The van der Waals surface area contributed by atoms with Gasteiger partial charge in [0.2, 0.25) is 5.91 Å². The minimum absolute atomic E-state index is 0. The highest BCUT2D eigenvalue weighted by atomic mass is 35.5. The van der Waals surface area contributed by atoms with E-state index in [0.717, 1.165) is 63.1 Å². The maximum Gasteiger partial charge on any atom is 0.224 e. The maximum absolute atomic E-state index is 12.1. The SMILES string of the molecule is Cl.O=C(CC1CCNCC1)Nc1ccc(OC2CCCCC2O)cc1. The molecule has 0 spiro atoms. The van der Waals surface area contributed by atoms with Crippen LogP contribution in [0.15, 0.2) is 24.3 Å². The Hall–Kier alpha value is -1.30. The van der Waals surface area contributed by atoms with Crippen LogP contribution in [-0.2, 0) is 4.79 Å². The highest BCUT2D eigenvalue weighted by Gasteiger charge is 2.24. The molecule has 5 nitrogen and oxygen atoms in total. The van der Waals surface area contributed by atoms with Gasteiger partial charge in [0.1, 0.15) is 11.9 Å². The van der Waals surface area contributed by atoms with Crippen LogP contribution in [0.1, 0.15) is 44.9 Å². The van der Waals surface area contributed by atoms with E-state index in [1.807, 2.05) is 24.3 Å². The summed E-state index contributed by atoms with van der Waals surface area (Å²) in [5.41, 5.74) is 0.797. The standard InChI is InChI=1S/C19H28N2O3.ClH/c22-17-3-1-2-4-18(17)24-16-7-5-15(6-8-16)21-19(23)13-14-9-11-20-12-10-14;/h5-8,14,17-18,20,22H,1-4,9-13H2,(H,21,23);1H. The second-order valence-corrected chi connectivity index (χ2v) is 6.98. The summed E-state index contributed by atoms with van der Waals surface area (Å²) < 4.78 is 5.88. The first-order valence-corrected chi connectivity index (χ1v) is 9.16. The Kier molecular flexibility index (Phi) is 8.00. The number of piperidine rings is 1. The smallest absolute Gasteiger partial charge is 0.224 e. The molecule has 1 saturated carbocycles. The largest absolute Gasteiger partial charge is 0.488 e. The summed E-state index contributed by atoms with van der Waals surface area (Å²) >= 11 is 0. The van der Waals surface area contributed by atoms with E-state index < -0.39 is 0 Å². The van der Waals surface area contributed by atoms with Gasteiger partial charge >= 0.3 is 0 Å². The number of hydrogen-bond acceptors (Lipinski definition) is 4. The Balaban J connectivity index is 0.00000225. The van der Waals surface area contributed by atoms with Gasteiger partial charge in [-0.2, -0.15) is 0 Å². The van der Waals surface area contributed by atoms with E-state index in [-0.39, 0.29) is 30.5 Å². The number of ether oxygens (including phenoxy) is 1. The highest BCUT2D eigenvalue weighted by Crippen LogP contribution is 2.25. The van der Waals surface area contributed by atoms with E-state index in [4.69, 9.17) is 4.74 Å². The molecule has 0 radical (unpaired) electrons. The quantitative estimate of drug-likeness (QED) is 0.746. The van der Waals surface area contributed by atoms with Crippen LogP contribution in [0.25, 0.3) is 0 Å². The average molecular weight is 369 g/mol. The van der Waals surface area contributed by atoms with Crippen LogP contribution in [0.3, 0.4) is 0 Å². The van der Waals surface area contributed by atoms with E-state index in [1.165, 1.54) is 0 Å². The average Bonchev–Trinajstić information content (AvgIpc) is 2.59. The lowest BCUT2D eigenvalue weighted by Gasteiger charge is -2.28. The van der Waals surface area contributed by atoms with Gasteiger partial charge in [0.25, 0.3) is 0 Å². The molecule has 0 bridgehead atoms. The van der Waals surface area contributed by atoms with E-state index in [0.29, 0.717) is 12.3 Å². The number of rotatable bonds is 5. The number of benzene rings is 1. The summed E-state index contributed by atoms with van der Waals surface area (Å²) in [6.07, 6.45) is 6.14. The molecule has 6 heteroatoms. The van der Waals surface area contributed by atoms with E-state index in [9.17, 15) is 9.90 Å². The summed E-state index contributed by atoms with van der Waals surface area (Å²) in [5.74, 6) is 1.32. The summed E-state index contributed by atoms with van der Waals surface area (Å²) in [6.45, 7) is 2.02. The molecule has 1 aromatic rings. The fourth-order valence-electron chi connectivity index (χ4n) is 3.57. The lowest BCUT2D eigenvalue weighted by Crippen LogP contribution is -2.34. The van der Waals surface area contributed by atoms with Crippen molar-refractivity contribution in [3.05, 3.63) is 24.3 Å². The monoisotopic (exact) mass is 368 g/mol. The van der Waals surface area contributed by atoms with Crippen molar-refractivity contribution in [1.82, 2.24) is 5.32 Å². The van der Waals surface area contributed by atoms with Crippen molar-refractivity contribution in [2.75, 3.05) is 18.4 Å². The predicted molar refractivity (Wildman–Crippen MR) is 101 cm³/mol. The number of halogens is 1. The number of carbonyl (C=O) groups excluding carboxylic acids is 1. The molecule has 2 atom stereocenters. The molecule has 3 rings (SSSR count). The molecule has 1 aromatic carbocycles. The lowest BCUT2D eigenvalue weighted by atomic mass is 9.94. The third-order valence-corrected chi connectivity index (χ3v) is 5.03. The molecule has 1 aliphatic heterocycles. The summed E-state index contributed by atoms with van der Waals surface area (Å²) in [6, 6.07) is 7.46. The van der Waals surface area contributed by atoms with Gasteiger partial charge in [0, 0.05) is 12.1 Å². The number of amides is 1. The minimum atomic E-state index is -0.372. The van der Waals surface area contributed by atoms with Crippen LogP contribution in [0, 0.1) is 5.92 Å². The Morgan fingerprint density at radius 1 is 1.12 bits per heavy atom. The van der Waals surface area contributed by atoms with Crippen LogP contribution in [0.5, 0.6) is 5.75 Å². The molecule has 1 saturated heterocycles. The summed E-state index contributed by atoms with van der Waals surface area (Å²) in [4.78, 5) is 12.1. The summed E-state index contributed by atoms with van der Waals surface area (Å²) in [7, 11) is 0. The zero-order valence-corrected chi connectivity index (χ0v) is 15.4. The Labute approximate surface area is 155 Å². The fraction of sp³-hybridized carbons (Fsp3) is 0.632. The Bertz CT molecular complexity index is 532. The van der Waals surface area contributed by atoms with Gasteiger partial charge in [0.15, 0.2) is 0 Å². The third-order valence-electron chi connectivity index (χ3n) is 5.03.